The Morgan fingerprint density at radius 2 is 2.29 bits per heavy atom. The smallest absolute Gasteiger partial charge is 0.245 e. The zero-order chi connectivity index (χ0) is 17.3. The monoisotopic (exact) mass is 363 g/mol. The first-order chi connectivity index (χ1) is 11.5. The van der Waals surface area contributed by atoms with Gasteiger partial charge in [-0.15, -0.1) is 0 Å². The van der Waals surface area contributed by atoms with Crippen LogP contribution in [-0.2, 0) is 9.59 Å². The molecule has 1 N–H and O–H groups in total. The second-order valence-corrected chi connectivity index (χ2v) is 7.28. The molecule has 0 bridgehead atoms. The number of amides is 2. The van der Waals surface area contributed by atoms with E-state index < -0.39 is 0 Å². The summed E-state index contributed by atoms with van der Waals surface area (Å²) >= 11 is 7.57. The highest BCUT2D eigenvalue weighted by atomic mass is 35.5. The van der Waals surface area contributed by atoms with Crippen LogP contribution in [0.3, 0.4) is 0 Å². The van der Waals surface area contributed by atoms with Crippen molar-refractivity contribution in [3.63, 3.8) is 0 Å². The van der Waals surface area contributed by atoms with E-state index in [0.29, 0.717) is 23.2 Å². The molecule has 24 heavy (non-hydrogen) atoms. The van der Waals surface area contributed by atoms with Crippen molar-refractivity contribution < 1.29 is 9.59 Å². The number of aromatic nitrogens is 1. The second kappa shape index (κ2) is 6.91. The number of likely N-dealkylation sites (tertiary alicyclic amines) is 1. The van der Waals surface area contributed by atoms with E-state index in [9.17, 15) is 9.59 Å². The van der Waals surface area contributed by atoms with Crippen LogP contribution in [0.15, 0.2) is 24.8 Å². The van der Waals surface area contributed by atoms with Crippen molar-refractivity contribution in [1.29, 1.82) is 0 Å². The molecule has 1 atom stereocenters. The van der Waals surface area contributed by atoms with E-state index in [-0.39, 0.29) is 17.7 Å². The number of nitrogens with one attached hydrogen (secondary N) is 1. The lowest BCUT2D eigenvalue weighted by Crippen LogP contribution is -2.43. The number of rotatable bonds is 3. The summed E-state index contributed by atoms with van der Waals surface area (Å²) < 4.78 is 0.874. The van der Waals surface area contributed by atoms with Gasteiger partial charge in [-0.2, -0.15) is 0 Å². The number of halogens is 1. The number of piperidine rings is 1. The Morgan fingerprint density at radius 3 is 3.00 bits per heavy atom. The molecule has 0 saturated carbocycles. The second-order valence-electron chi connectivity index (χ2n) is 5.88. The quantitative estimate of drug-likeness (QED) is 0.847. The van der Waals surface area contributed by atoms with Gasteiger partial charge in [0.05, 0.1) is 21.2 Å². The fraction of sp³-hybridized carbons (Fsp3) is 0.353. The maximum Gasteiger partial charge on any atom is 0.245 e. The molecule has 0 aliphatic carbocycles. The van der Waals surface area contributed by atoms with E-state index >= 15 is 0 Å². The normalized spacial score (nSPS) is 17.8. The van der Waals surface area contributed by atoms with Crippen LogP contribution in [-0.4, -0.2) is 34.8 Å². The van der Waals surface area contributed by atoms with Crippen molar-refractivity contribution >= 4 is 50.1 Å². The molecule has 1 saturated heterocycles. The zero-order valence-corrected chi connectivity index (χ0v) is 14.9. The Morgan fingerprint density at radius 1 is 1.50 bits per heavy atom. The number of thiazole rings is 1. The highest BCUT2D eigenvalue weighted by Crippen LogP contribution is 2.34. The number of carbonyl (C=O) groups excluding carboxylic acids is 2. The van der Waals surface area contributed by atoms with E-state index in [4.69, 9.17) is 11.6 Å². The van der Waals surface area contributed by atoms with E-state index in [0.717, 1.165) is 28.6 Å². The number of fused-ring (bicyclic) bond motifs is 1. The van der Waals surface area contributed by atoms with Gasteiger partial charge in [0, 0.05) is 13.1 Å². The van der Waals surface area contributed by atoms with Gasteiger partial charge >= 0.3 is 0 Å². The summed E-state index contributed by atoms with van der Waals surface area (Å²) in [6.45, 7) is 6.55. The van der Waals surface area contributed by atoms with E-state index in [1.165, 1.54) is 17.4 Å². The number of carbonyl (C=O) groups is 2. The Labute approximate surface area is 149 Å². The van der Waals surface area contributed by atoms with Crippen molar-refractivity contribution in [3.8, 4) is 0 Å². The highest BCUT2D eigenvalue weighted by Gasteiger charge is 2.28. The summed E-state index contributed by atoms with van der Waals surface area (Å²) in [4.78, 5) is 30.4. The molecule has 5 nitrogen and oxygen atoms in total. The Bertz CT molecular complexity index is 779. The summed E-state index contributed by atoms with van der Waals surface area (Å²) in [7, 11) is 0. The molecular weight excluding hydrogens is 346 g/mol. The Balaban J connectivity index is 1.75. The van der Waals surface area contributed by atoms with Crippen molar-refractivity contribution in [2.24, 2.45) is 5.92 Å². The van der Waals surface area contributed by atoms with Gasteiger partial charge in [0.15, 0.2) is 5.13 Å². The number of anilines is 1. The molecule has 2 amide bonds. The summed E-state index contributed by atoms with van der Waals surface area (Å²) in [5.41, 5.74) is 1.83. The summed E-state index contributed by atoms with van der Waals surface area (Å²) in [6, 6.07) is 3.75. The third kappa shape index (κ3) is 3.30. The van der Waals surface area contributed by atoms with Gasteiger partial charge in [0.1, 0.15) is 0 Å². The Hall–Kier alpha value is -1.92. The topological polar surface area (TPSA) is 62.3 Å². The van der Waals surface area contributed by atoms with Crippen LogP contribution < -0.4 is 5.32 Å². The van der Waals surface area contributed by atoms with Crippen LogP contribution in [0.5, 0.6) is 0 Å². The average molecular weight is 364 g/mol. The number of nitrogens with zero attached hydrogens (tertiary/aromatic N) is 2. The summed E-state index contributed by atoms with van der Waals surface area (Å²) in [5, 5.41) is 4.05. The van der Waals surface area contributed by atoms with Gasteiger partial charge in [-0.1, -0.05) is 35.6 Å². The maximum atomic E-state index is 12.5. The number of aryl methyl sites for hydroxylation is 1. The maximum absolute atomic E-state index is 12.5. The molecule has 7 heteroatoms. The van der Waals surface area contributed by atoms with Crippen LogP contribution in [0.4, 0.5) is 5.13 Å². The van der Waals surface area contributed by atoms with Crippen LogP contribution >= 0.6 is 22.9 Å². The Kier molecular flexibility index (Phi) is 4.87. The number of benzene rings is 1. The van der Waals surface area contributed by atoms with E-state index in [1.807, 2.05) is 19.1 Å². The molecule has 126 valence electrons. The molecular formula is C17H18ClN3O2S. The lowest BCUT2D eigenvalue weighted by atomic mass is 9.97. The fourth-order valence-electron chi connectivity index (χ4n) is 2.88. The largest absolute Gasteiger partial charge is 0.338 e. The molecule has 2 heterocycles. The molecule has 1 aromatic heterocycles. The zero-order valence-electron chi connectivity index (χ0n) is 13.3. The SMILES string of the molecule is C=CC(=O)N1CCCC(C(=O)Nc2nc3c(C)ccc(Cl)c3s2)C1. The molecule has 1 unspecified atom stereocenters. The molecule has 1 aromatic carbocycles. The third-order valence-electron chi connectivity index (χ3n) is 4.21. The molecule has 1 aliphatic heterocycles. The minimum atomic E-state index is -0.230. The molecule has 1 aliphatic rings. The van der Waals surface area contributed by atoms with Crippen molar-refractivity contribution in [2.45, 2.75) is 19.8 Å². The summed E-state index contributed by atoms with van der Waals surface area (Å²) in [5.74, 6) is -0.467. The van der Waals surface area contributed by atoms with E-state index in [1.54, 1.807) is 4.90 Å². The van der Waals surface area contributed by atoms with Crippen LogP contribution in [0.25, 0.3) is 10.2 Å². The minimum absolute atomic E-state index is 0.107. The molecule has 0 radical (unpaired) electrons. The number of hydrogen-bond donors (Lipinski definition) is 1. The van der Waals surface area contributed by atoms with Crippen molar-refractivity contribution in [3.05, 3.63) is 35.4 Å². The van der Waals surface area contributed by atoms with Crippen molar-refractivity contribution in [1.82, 2.24) is 9.88 Å². The minimum Gasteiger partial charge on any atom is -0.338 e. The molecule has 3 rings (SSSR count). The first-order valence-corrected chi connectivity index (χ1v) is 8.97. The van der Waals surface area contributed by atoms with Crippen molar-refractivity contribution in [2.75, 3.05) is 18.4 Å². The third-order valence-corrected chi connectivity index (χ3v) is 5.64. The standard InChI is InChI=1S/C17H18ClN3O2S/c1-3-13(22)21-8-4-5-11(9-21)16(23)20-17-19-14-10(2)6-7-12(18)15(14)24-17/h3,6-7,11H,1,4-5,8-9H2,2H3,(H,19,20,23). The van der Waals surface area contributed by atoms with Gasteiger partial charge in [0.25, 0.3) is 0 Å². The lowest BCUT2D eigenvalue weighted by molar-refractivity contribution is -0.130. The van der Waals surface area contributed by atoms with E-state index in [2.05, 4.69) is 16.9 Å². The van der Waals surface area contributed by atoms with Gasteiger partial charge in [-0.05, 0) is 37.5 Å². The molecule has 2 aromatic rings. The summed E-state index contributed by atoms with van der Waals surface area (Å²) in [6.07, 6.45) is 2.86. The number of hydrogen-bond acceptors (Lipinski definition) is 4. The lowest BCUT2D eigenvalue weighted by Gasteiger charge is -2.31. The van der Waals surface area contributed by atoms with Crippen LogP contribution in [0.2, 0.25) is 5.02 Å². The van der Waals surface area contributed by atoms with Gasteiger partial charge in [-0.25, -0.2) is 4.98 Å². The average Bonchev–Trinajstić information content (AvgIpc) is 3.02. The predicted molar refractivity (Wildman–Crippen MR) is 97.5 cm³/mol. The van der Waals surface area contributed by atoms with Gasteiger partial charge in [-0.3, -0.25) is 9.59 Å². The molecule has 1 fully saturated rings. The van der Waals surface area contributed by atoms with Crippen LogP contribution in [0.1, 0.15) is 18.4 Å². The first-order valence-electron chi connectivity index (χ1n) is 7.77. The first kappa shape index (κ1) is 16.9. The van der Waals surface area contributed by atoms with Gasteiger partial charge in [0.2, 0.25) is 11.8 Å². The van der Waals surface area contributed by atoms with Crippen LogP contribution in [0, 0.1) is 12.8 Å². The highest BCUT2D eigenvalue weighted by molar-refractivity contribution is 7.23. The fourth-order valence-corrected chi connectivity index (χ4v) is 4.10. The predicted octanol–water partition coefficient (Wildman–Crippen LogP) is 3.62. The molecule has 0 spiro atoms. The van der Waals surface area contributed by atoms with Gasteiger partial charge < -0.3 is 10.2 Å².